The predicted molar refractivity (Wildman–Crippen MR) is 96.7 cm³/mol. The molecule has 1 fully saturated rings. The molecule has 0 aliphatic carbocycles. The number of rotatable bonds is 6. The van der Waals surface area contributed by atoms with Crippen molar-refractivity contribution in [1.82, 2.24) is 5.32 Å². The van der Waals surface area contributed by atoms with E-state index in [0.717, 1.165) is 10.5 Å². The van der Waals surface area contributed by atoms with E-state index in [1.165, 1.54) is 12.1 Å². The van der Waals surface area contributed by atoms with Crippen LogP contribution >= 0.6 is 0 Å². The fourth-order valence-electron chi connectivity index (χ4n) is 2.70. The van der Waals surface area contributed by atoms with Gasteiger partial charge in [0.15, 0.2) is 6.61 Å². The lowest BCUT2D eigenvalue weighted by atomic mass is 10.2. The maximum Gasteiger partial charge on any atom is 0.338 e. The number of imide groups is 1. The zero-order valence-corrected chi connectivity index (χ0v) is 14.5. The Morgan fingerprint density at radius 1 is 0.963 bits per heavy atom. The van der Waals surface area contributed by atoms with E-state index in [9.17, 15) is 19.2 Å². The molecule has 1 heterocycles. The maximum atomic E-state index is 12.2. The first-order valence-electron chi connectivity index (χ1n) is 8.48. The summed E-state index contributed by atoms with van der Waals surface area (Å²) in [6, 6.07) is 15.4. The summed E-state index contributed by atoms with van der Waals surface area (Å²) in [4.78, 5) is 48.7. The maximum absolute atomic E-state index is 12.2. The van der Waals surface area contributed by atoms with E-state index in [1.807, 2.05) is 30.3 Å². The molecule has 138 valence electrons. The Kier molecular flexibility index (Phi) is 5.61. The summed E-state index contributed by atoms with van der Waals surface area (Å²) in [5.41, 5.74) is 1.42. The normalized spacial score (nSPS) is 13.6. The quantitative estimate of drug-likeness (QED) is 0.622. The SMILES string of the molecule is O=C(COC(=O)c1cccc(N2C(=O)CCC2=O)c1)NCc1ccccc1. The number of nitrogens with zero attached hydrogens (tertiary/aromatic N) is 1. The Labute approximate surface area is 155 Å². The summed E-state index contributed by atoms with van der Waals surface area (Å²) < 4.78 is 5.01. The highest BCUT2D eigenvalue weighted by molar-refractivity contribution is 6.20. The van der Waals surface area contributed by atoms with Crippen molar-refractivity contribution >= 4 is 29.4 Å². The van der Waals surface area contributed by atoms with E-state index in [2.05, 4.69) is 5.32 Å². The largest absolute Gasteiger partial charge is 0.452 e. The molecule has 0 unspecified atom stereocenters. The fourth-order valence-corrected chi connectivity index (χ4v) is 2.70. The average Bonchev–Trinajstić information content (AvgIpc) is 3.03. The van der Waals surface area contributed by atoms with Gasteiger partial charge in [0.2, 0.25) is 11.8 Å². The zero-order valence-electron chi connectivity index (χ0n) is 14.5. The first-order chi connectivity index (χ1) is 13.0. The molecule has 7 nitrogen and oxygen atoms in total. The lowest BCUT2D eigenvalue weighted by Gasteiger charge is -2.14. The molecule has 2 aromatic carbocycles. The van der Waals surface area contributed by atoms with Crippen LogP contribution < -0.4 is 10.2 Å². The molecule has 0 radical (unpaired) electrons. The molecule has 0 saturated carbocycles. The number of carbonyl (C=O) groups is 4. The first-order valence-corrected chi connectivity index (χ1v) is 8.48. The van der Waals surface area contributed by atoms with Gasteiger partial charge in [0.1, 0.15) is 0 Å². The van der Waals surface area contributed by atoms with E-state index >= 15 is 0 Å². The van der Waals surface area contributed by atoms with Crippen LogP contribution in [0, 0.1) is 0 Å². The van der Waals surface area contributed by atoms with Gasteiger partial charge in [-0.05, 0) is 23.8 Å². The van der Waals surface area contributed by atoms with Crippen LogP contribution in [0.3, 0.4) is 0 Å². The van der Waals surface area contributed by atoms with Gasteiger partial charge < -0.3 is 10.1 Å². The molecule has 1 aliphatic heterocycles. The van der Waals surface area contributed by atoms with Gasteiger partial charge >= 0.3 is 5.97 Å². The van der Waals surface area contributed by atoms with E-state index in [-0.39, 0.29) is 30.2 Å². The summed E-state index contributed by atoms with van der Waals surface area (Å²) >= 11 is 0. The lowest BCUT2D eigenvalue weighted by molar-refractivity contribution is -0.124. The van der Waals surface area contributed by atoms with Crippen molar-refractivity contribution in [3.63, 3.8) is 0 Å². The van der Waals surface area contributed by atoms with Gasteiger partial charge in [0.05, 0.1) is 11.3 Å². The van der Waals surface area contributed by atoms with Gasteiger partial charge in [-0.25, -0.2) is 4.79 Å². The van der Waals surface area contributed by atoms with Crippen LogP contribution in [-0.2, 0) is 25.7 Å². The Bertz CT molecular complexity index is 863. The number of carbonyl (C=O) groups excluding carboxylic acids is 4. The number of esters is 1. The number of benzene rings is 2. The molecule has 27 heavy (non-hydrogen) atoms. The summed E-state index contributed by atoms with van der Waals surface area (Å²) in [6.07, 6.45) is 0.324. The molecule has 2 aromatic rings. The summed E-state index contributed by atoms with van der Waals surface area (Å²) in [6.45, 7) is -0.0800. The van der Waals surface area contributed by atoms with Crippen LogP contribution in [-0.4, -0.2) is 30.3 Å². The monoisotopic (exact) mass is 366 g/mol. The van der Waals surface area contributed by atoms with Crippen molar-refractivity contribution in [1.29, 1.82) is 0 Å². The summed E-state index contributed by atoms with van der Waals surface area (Å²) in [5.74, 6) is -1.73. The molecular formula is C20H18N2O5. The van der Waals surface area contributed by atoms with E-state index in [1.54, 1.807) is 12.1 Å². The second kappa shape index (κ2) is 8.27. The molecule has 0 bridgehead atoms. The number of hydrogen-bond acceptors (Lipinski definition) is 5. The third-order valence-electron chi connectivity index (χ3n) is 4.06. The van der Waals surface area contributed by atoms with Crippen molar-refractivity contribution < 1.29 is 23.9 Å². The van der Waals surface area contributed by atoms with Crippen molar-refractivity contribution in [2.75, 3.05) is 11.5 Å². The predicted octanol–water partition coefficient (Wildman–Crippen LogP) is 1.81. The number of nitrogens with one attached hydrogen (secondary N) is 1. The Morgan fingerprint density at radius 2 is 1.67 bits per heavy atom. The van der Waals surface area contributed by atoms with Crippen LogP contribution in [0.15, 0.2) is 54.6 Å². The minimum absolute atomic E-state index is 0.162. The summed E-state index contributed by atoms with van der Waals surface area (Å²) in [7, 11) is 0. The topological polar surface area (TPSA) is 92.8 Å². The van der Waals surface area contributed by atoms with Gasteiger partial charge in [-0.3, -0.25) is 19.3 Å². The molecule has 0 spiro atoms. The fraction of sp³-hybridized carbons (Fsp3) is 0.200. The van der Waals surface area contributed by atoms with Crippen molar-refractivity contribution in [3.05, 3.63) is 65.7 Å². The van der Waals surface area contributed by atoms with Crippen LogP contribution in [0.5, 0.6) is 0 Å². The lowest BCUT2D eigenvalue weighted by Crippen LogP contribution is -2.29. The first kappa shape index (κ1) is 18.3. The number of ether oxygens (including phenoxy) is 1. The highest BCUT2D eigenvalue weighted by Gasteiger charge is 2.30. The summed E-state index contributed by atoms with van der Waals surface area (Å²) in [5, 5.41) is 2.66. The Hall–Kier alpha value is -3.48. The van der Waals surface area contributed by atoms with Crippen LogP contribution in [0.4, 0.5) is 5.69 Å². The van der Waals surface area contributed by atoms with Gasteiger partial charge in [-0.15, -0.1) is 0 Å². The zero-order chi connectivity index (χ0) is 19.2. The standard InChI is InChI=1S/C20H18N2O5/c23-17(21-12-14-5-2-1-3-6-14)13-27-20(26)15-7-4-8-16(11-15)22-18(24)9-10-19(22)25/h1-8,11H,9-10,12-13H2,(H,21,23). The highest BCUT2D eigenvalue weighted by Crippen LogP contribution is 2.23. The molecule has 1 aliphatic rings. The number of amides is 3. The van der Waals surface area contributed by atoms with Crippen molar-refractivity contribution in [2.45, 2.75) is 19.4 Å². The molecular weight excluding hydrogens is 348 g/mol. The second-order valence-corrected chi connectivity index (χ2v) is 6.01. The van der Waals surface area contributed by atoms with Crippen molar-refractivity contribution in [3.8, 4) is 0 Å². The van der Waals surface area contributed by atoms with Gasteiger partial charge in [-0.2, -0.15) is 0 Å². The van der Waals surface area contributed by atoms with E-state index < -0.39 is 18.5 Å². The third kappa shape index (κ3) is 4.58. The molecule has 1 saturated heterocycles. The Morgan fingerprint density at radius 3 is 2.37 bits per heavy atom. The molecule has 3 rings (SSSR count). The van der Waals surface area contributed by atoms with Gasteiger partial charge in [0.25, 0.3) is 5.91 Å². The van der Waals surface area contributed by atoms with Gasteiger partial charge in [-0.1, -0.05) is 36.4 Å². The van der Waals surface area contributed by atoms with Gasteiger partial charge in [0, 0.05) is 19.4 Å². The van der Waals surface area contributed by atoms with Crippen molar-refractivity contribution in [2.24, 2.45) is 0 Å². The Balaban J connectivity index is 1.55. The van der Waals surface area contributed by atoms with Crippen LogP contribution in [0.1, 0.15) is 28.8 Å². The second-order valence-electron chi connectivity index (χ2n) is 6.01. The highest BCUT2D eigenvalue weighted by atomic mass is 16.5. The van der Waals surface area contributed by atoms with Crippen LogP contribution in [0.25, 0.3) is 0 Å². The molecule has 3 amide bonds. The molecule has 0 atom stereocenters. The minimum Gasteiger partial charge on any atom is -0.452 e. The van der Waals surface area contributed by atoms with E-state index in [4.69, 9.17) is 4.74 Å². The average molecular weight is 366 g/mol. The van der Waals surface area contributed by atoms with E-state index in [0.29, 0.717) is 12.2 Å². The molecule has 0 aromatic heterocycles. The number of anilines is 1. The number of hydrogen-bond donors (Lipinski definition) is 1. The minimum atomic E-state index is -0.703. The smallest absolute Gasteiger partial charge is 0.338 e. The van der Waals surface area contributed by atoms with Crippen LogP contribution in [0.2, 0.25) is 0 Å². The third-order valence-corrected chi connectivity index (χ3v) is 4.06. The molecule has 7 heteroatoms. The molecule has 1 N–H and O–H groups in total.